The van der Waals surface area contributed by atoms with Gasteiger partial charge in [-0.2, -0.15) is 0 Å². The van der Waals surface area contributed by atoms with Crippen LogP contribution in [-0.4, -0.2) is 42.3 Å². The van der Waals surface area contributed by atoms with E-state index in [1.165, 1.54) is 0 Å². The monoisotopic (exact) mass is 333 g/mol. The highest BCUT2D eigenvalue weighted by molar-refractivity contribution is 6.34. The van der Waals surface area contributed by atoms with E-state index in [0.29, 0.717) is 16.1 Å². The second-order valence-electron chi connectivity index (χ2n) is 4.60. The minimum Gasteiger partial charge on any atom is -0.505 e. The third-order valence-electron chi connectivity index (χ3n) is 3.15. The number of hydrogen-bond acceptors (Lipinski definition) is 5. The molecule has 0 unspecified atom stereocenters. The van der Waals surface area contributed by atoms with Crippen molar-refractivity contribution in [2.24, 2.45) is 0 Å². The zero-order valence-corrected chi connectivity index (χ0v) is 12.0. The summed E-state index contributed by atoms with van der Waals surface area (Å²) in [5.74, 6) is -3.45. The van der Waals surface area contributed by atoms with Gasteiger partial charge in [-0.3, -0.25) is 0 Å². The van der Waals surface area contributed by atoms with E-state index in [1.807, 2.05) is 0 Å². The normalized spacial score (nSPS) is 10.8. The number of aromatic nitrogens is 3. The topological polar surface area (TPSA) is 126 Å². The first-order chi connectivity index (χ1) is 10.9. The number of aromatic hydroxyl groups is 1. The van der Waals surface area contributed by atoms with Crippen molar-refractivity contribution in [1.29, 1.82) is 0 Å². The van der Waals surface area contributed by atoms with Crippen molar-refractivity contribution in [3.63, 3.8) is 0 Å². The van der Waals surface area contributed by atoms with E-state index in [-0.39, 0.29) is 11.3 Å². The number of aromatic carboxylic acids is 2. The molecular formula is C14H8ClN3O5. The summed E-state index contributed by atoms with van der Waals surface area (Å²) in [6, 6.07) is 6.82. The molecule has 0 spiro atoms. The first-order valence-electron chi connectivity index (χ1n) is 6.24. The fourth-order valence-corrected chi connectivity index (χ4v) is 2.28. The molecule has 1 aromatic heterocycles. The molecule has 0 aliphatic heterocycles. The van der Waals surface area contributed by atoms with Crippen LogP contribution >= 0.6 is 11.6 Å². The maximum absolute atomic E-state index is 11.2. The van der Waals surface area contributed by atoms with Gasteiger partial charge in [0.15, 0.2) is 5.75 Å². The first kappa shape index (κ1) is 14.8. The van der Waals surface area contributed by atoms with Gasteiger partial charge in [-0.25, -0.2) is 9.59 Å². The van der Waals surface area contributed by atoms with Crippen molar-refractivity contribution in [2.75, 3.05) is 0 Å². The van der Waals surface area contributed by atoms with Crippen molar-refractivity contribution < 1.29 is 24.9 Å². The molecule has 0 fully saturated rings. The molecular weight excluding hydrogens is 326 g/mol. The van der Waals surface area contributed by atoms with Crippen LogP contribution in [0.5, 0.6) is 5.75 Å². The molecule has 3 N–H and O–H groups in total. The highest BCUT2D eigenvalue weighted by Gasteiger charge is 2.21. The Morgan fingerprint density at radius 1 is 1.09 bits per heavy atom. The Balaban J connectivity index is 2.30. The van der Waals surface area contributed by atoms with E-state index in [9.17, 15) is 14.7 Å². The van der Waals surface area contributed by atoms with Gasteiger partial charge in [-0.1, -0.05) is 17.7 Å². The van der Waals surface area contributed by atoms with Gasteiger partial charge in [0.25, 0.3) is 0 Å². The van der Waals surface area contributed by atoms with Gasteiger partial charge < -0.3 is 15.3 Å². The SMILES string of the molecule is O=C(O)c1cc(C(=O)O)c(O)c(-n2nc3cccc(Cl)c3n2)c1. The van der Waals surface area contributed by atoms with Gasteiger partial charge in [-0.05, 0) is 24.3 Å². The lowest BCUT2D eigenvalue weighted by Gasteiger charge is -2.08. The summed E-state index contributed by atoms with van der Waals surface area (Å²) in [6.07, 6.45) is 0. The molecule has 2 aromatic carbocycles. The van der Waals surface area contributed by atoms with Crippen LogP contribution in [0, 0.1) is 0 Å². The maximum Gasteiger partial charge on any atom is 0.339 e. The van der Waals surface area contributed by atoms with E-state index in [2.05, 4.69) is 10.2 Å². The van der Waals surface area contributed by atoms with Gasteiger partial charge in [0.1, 0.15) is 22.3 Å². The van der Waals surface area contributed by atoms with Crippen LogP contribution in [0.15, 0.2) is 30.3 Å². The fraction of sp³-hybridized carbons (Fsp3) is 0. The second kappa shape index (κ2) is 5.25. The largest absolute Gasteiger partial charge is 0.505 e. The van der Waals surface area contributed by atoms with Crippen molar-refractivity contribution >= 4 is 34.6 Å². The highest BCUT2D eigenvalue weighted by Crippen LogP contribution is 2.29. The molecule has 3 aromatic rings. The third kappa shape index (κ3) is 2.44. The minimum absolute atomic E-state index is 0.172. The molecule has 0 saturated heterocycles. The molecule has 0 atom stereocenters. The molecule has 1 heterocycles. The lowest BCUT2D eigenvalue weighted by atomic mass is 10.1. The molecule has 0 aliphatic rings. The summed E-state index contributed by atoms with van der Waals surface area (Å²) in [5, 5.41) is 36.8. The summed E-state index contributed by atoms with van der Waals surface area (Å²) < 4.78 is 0. The van der Waals surface area contributed by atoms with Gasteiger partial charge in [0.05, 0.1) is 10.6 Å². The number of benzene rings is 2. The van der Waals surface area contributed by atoms with Crippen LogP contribution in [0.4, 0.5) is 0 Å². The zero-order chi connectivity index (χ0) is 16.7. The number of carboxylic acid groups (broad SMARTS) is 2. The molecule has 0 saturated carbocycles. The first-order valence-corrected chi connectivity index (χ1v) is 6.62. The molecule has 0 radical (unpaired) electrons. The average molecular weight is 334 g/mol. The quantitative estimate of drug-likeness (QED) is 0.670. The van der Waals surface area contributed by atoms with Crippen molar-refractivity contribution in [3.8, 4) is 11.4 Å². The maximum atomic E-state index is 11.2. The number of hydrogen-bond donors (Lipinski definition) is 3. The lowest BCUT2D eigenvalue weighted by molar-refractivity contribution is 0.0693. The molecule has 0 aliphatic carbocycles. The van der Waals surface area contributed by atoms with E-state index in [4.69, 9.17) is 21.8 Å². The van der Waals surface area contributed by atoms with Crippen molar-refractivity contribution in [3.05, 3.63) is 46.5 Å². The Bertz CT molecular complexity index is 966. The molecule has 9 heteroatoms. The standard InChI is InChI=1S/C14H8ClN3O5/c15-8-2-1-3-9-11(8)17-18(16-9)10-5-6(13(20)21)4-7(12(10)19)14(22)23/h1-5,19H,(H,20,21)(H,22,23). The van der Waals surface area contributed by atoms with E-state index in [1.54, 1.807) is 18.2 Å². The lowest BCUT2D eigenvalue weighted by Crippen LogP contribution is -2.08. The number of nitrogens with zero attached hydrogens (tertiary/aromatic N) is 3. The van der Waals surface area contributed by atoms with Gasteiger partial charge in [0, 0.05) is 0 Å². The fourth-order valence-electron chi connectivity index (χ4n) is 2.07. The number of fused-ring (bicyclic) bond motifs is 1. The number of rotatable bonds is 3. The number of phenols is 1. The van der Waals surface area contributed by atoms with Crippen LogP contribution < -0.4 is 0 Å². The van der Waals surface area contributed by atoms with Crippen LogP contribution in [-0.2, 0) is 0 Å². The second-order valence-corrected chi connectivity index (χ2v) is 5.01. The Kier molecular flexibility index (Phi) is 3.38. The predicted octanol–water partition coefficient (Wildman–Crippen LogP) is 2.18. The zero-order valence-electron chi connectivity index (χ0n) is 11.3. The van der Waals surface area contributed by atoms with Gasteiger partial charge in [0.2, 0.25) is 0 Å². The van der Waals surface area contributed by atoms with Crippen molar-refractivity contribution in [2.45, 2.75) is 0 Å². The number of carbonyl (C=O) groups is 2. The smallest absolute Gasteiger partial charge is 0.339 e. The summed E-state index contributed by atoms with van der Waals surface area (Å²) in [4.78, 5) is 23.3. The van der Waals surface area contributed by atoms with Crippen LogP contribution in [0.25, 0.3) is 16.7 Å². The number of carboxylic acids is 2. The molecule has 23 heavy (non-hydrogen) atoms. The molecule has 0 amide bonds. The predicted molar refractivity (Wildman–Crippen MR) is 79.5 cm³/mol. The molecule has 0 bridgehead atoms. The van der Waals surface area contributed by atoms with Gasteiger partial charge in [-0.15, -0.1) is 15.0 Å². The Hall–Kier alpha value is -3.13. The van der Waals surface area contributed by atoms with Crippen molar-refractivity contribution in [1.82, 2.24) is 15.0 Å². The van der Waals surface area contributed by atoms with Crippen LogP contribution in [0.1, 0.15) is 20.7 Å². The molecule has 8 nitrogen and oxygen atoms in total. The Morgan fingerprint density at radius 3 is 2.43 bits per heavy atom. The van der Waals surface area contributed by atoms with Gasteiger partial charge >= 0.3 is 11.9 Å². The summed E-state index contributed by atoms with van der Waals surface area (Å²) in [6.45, 7) is 0. The molecule has 116 valence electrons. The van der Waals surface area contributed by atoms with E-state index >= 15 is 0 Å². The summed E-state index contributed by atoms with van der Waals surface area (Å²) in [7, 11) is 0. The number of halogens is 1. The summed E-state index contributed by atoms with van der Waals surface area (Å²) >= 11 is 5.99. The summed E-state index contributed by atoms with van der Waals surface area (Å²) in [5.41, 5.74) is -0.301. The average Bonchev–Trinajstić information content (AvgIpc) is 2.92. The third-order valence-corrected chi connectivity index (χ3v) is 3.45. The Morgan fingerprint density at radius 2 is 1.83 bits per heavy atom. The highest BCUT2D eigenvalue weighted by atomic mass is 35.5. The minimum atomic E-state index is -1.47. The Labute approximate surface area is 133 Å². The van der Waals surface area contributed by atoms with Crippen LogP contribution in [0.3, 0.4) is 0 Å². The van der Waals surface area contributed by atoms with E-state index < -0.39 is 23.3 Å². The molecule has 3 rings (SSSR count). The van der Waals surface area contributed by atoms with Crippen LogP contribution in [0.2, 0.25) is 5.02 Å². The van der Waals surface area contributed by atoms with E-state index in [0.717, 1.165) is 16.9 Å².